The van der Waals surface area contributed by atoms with E-state index < -0.39 is 0 Å². The molecule has 1 atom stereocenters. The molecule has 146 valence electrons. The second kappa shape index (κ2) is 27.8. The van der Waals surface area contributed by atoms with E-state index in [4.69, 9.17) is 4.74 Å². The van der Waals surface area contributed by atoms with Gasteiger partial charge in [-0.25, -0.2) is 0 Å². The van der Waals surface area contributed by atoms with Crippen molar-refractivity contribution >= 4 is 34.5 Å². The fraction of sp³-hybridized carbons (Fsp3) is 0.895. The van der Waals surface area contributed by atoms with Crippen molar-refractivity contribution in [3.05, 3.63) is 0 Å². The number of rotatable bonds is 15. The Morgan fingerprint density at radius 2 is 1.27 bits per heavy atom. The molecule has 0 amide bonds. The van der Waals surface area contributed by atoms with Gasteiger partial charge in [0.1, 0.15) is 3.92 Å². The van der Waals surface area contributed by atoms with Crippen LogP contribution in [0, 0.1) is 0 Å². The molecule has 0 rings (SSSR count). The van der Waals surface area contributed by atoms with Crippen molar-refractivity contribution in [2.45, 2.75) is 108 Å². The number of hydrogen-bond donors (Lipinski definition) is 0. The zero-order chi connectivity index (χ0) is 17.3. The summed E-state index contributed by atoms with van der Waals surface area (Å²) in [5.74, 6) is -0.703. The number of halogens is 2. The smallest absolute Gasteiger partial charge is 1.00 e. The Bertz CT molecular complexity index is 329. The first-order valence-corrected chi connectivity index (χ1v) is 10.7. The maximum absolute atomic E-state index is 11.8. The predicted octanol–water partition coefficient (Wildman–Crippen LogP) is -2.51. The maximum Gasteiger partial charge on any atom is 1.00 e. The average Bonchev–Trinajstić information content (AvgIpc) is 2.53. The molecule has 0 aromatic carbocycles. The predicted molar refractivity (Wildman–Crippen MR) is 106 cm³/mol. The molecule has 0 bridgehead atoms. The largest absolute Gasteiger partial charge is 1.00 e. The first kappa shape index (κ1) is 36.2. The number of carbonyl (C=O) groups is 2. The number of carbonyl (C=O) groups excluding carboxylic acids is 2. The molecule has 0 aliphatic carbocycles. The molecule has 0 aromatic heterocycles. The summed E-state index contributed by atoms with van der Waals surface area (Å²) in [7, 11) is 0. The van der Waals surface area contributed by atoms with Crippen LogP contribution >= 0.6 is 22.6 Å². The topological polar surface area (TPSA) is 43.4 Å². The molecule has 0 heterocycles. The molecule has 0 saturated heterocycles. The summed E-state index contributed by atoms with van der Waals surface area (Å²) in [6, 6.07) is 0. The van der Waals surface area contributed by atoms with Crippen molar-refractivity contribution in [3.63, 3.8) is 0 Å². The Hall–Kier alpha value is 2.80. The van der Waals surface area contributed by atoms with E-state index in [1.54, 1.807) is 0 Å². The molecular formula is C19H36ClIKNaO3. The minimum absolute atomic E-state index is 0. The Balaban J connectivity index is -0.000000403. The summed E-state index contributed by atoms with van der Waals surface area (Å²) < 4.78 is 4.76. The number of esters is 2. The molecule has 0 aromatic rings. The molecule has 3 nitrogen and oxygen atoms in total. The van der Waals surface area contributed by atoms with Crippen molar-refractivity contribution in [2.75, 3.05) is 0 Å². The number of alkyl halides is 1. The summed E-state index contributed by atoms with van der Waals surface area (Å²) in [6.07, 6.45) is 15.2. The quantitative estimate of drug-likeness (QED) is 0.0580. The van der Waals surface area contributed by atoms with Crippen LogP contribution in [0.15, 0.2) is 0 Å². The third-order valence-corrected chi connectivity index (χ3v) is 5.15. The van der Waals surface area contributed by atoms with E-state index in [0.29, 0.717) is 6.42 Å². The Kier molecular flexibility index (Phi) is 38.7. The van der Waals surface area contributed by atoms with E-state index in [0.717, 1.165) is 25.7 Å². The molecule has 0 saturated carbocycles. The zero-order valence-corrected chi connectivity index (χ0v) is 25.5. The second-order valence-corrected chi connectivity index (χ2v) is 7.84. The van der Waals surface area contributed by atoms with Crippen molar-refractivity contribution in [2.24, 2.45) is 0 Å². The molecule has 0 fully saturated rings. The Morgan fingerprint density at radius 1 is 0.846 bits per heavy atom. The van der Waals surface area contributed by atoms with Crippen LogP contribution in [0.3, 0.4) is 0 Å². The summed E-state index contributed by atoms with van der Waals surface area (Å²) in [4.78, 5) is 23.5. The van der Waals surface area contributed by atoms with Gasteiger partial charge in [0, 0.05) is 6.42 Å². The van der Waals surface area contributed by atoms with E-state index in [2.05, 4.69) is 36.4 Å². The van der Waals surface area contributed by atoms with E-state index >= 15 is 0 Å². The van der Waals surface area contributed by atoms with Gasteiger partial charge < -0.3 is 18.6 Å². The molecule has 26 heavy (non-hydrogen) atoms. The van der Waals surface area contributed by atoms with Crippen molar-refractivity contribution in [1.29, 1.82) is 0 Å². The fourth-order valence-corrected chi connectivity index (χ4v) is 3.07. The molecule has 0 spiro atoms. The van der Waals surface area contributed by atoms with E-state index in [-0.39, 0.29) is 111 Å². The molecule has 0 radical (unpaired) electrons. The van der Waals surface area contributed by atoms with Gasteiger partial charge in [-0.05, 0) is 12.8 Å². The minimum Gasteiger partial charge on any atom is -1.00 e. The van der Waals surface area contributed by atoms with Crippen LogP contribution < -0.4 is 93.3 Å². The van der Waals surface area contributed by atoms with Gasteiger partial charge in [0.2, 0.25) is 0 Å². The third kappa shape index (κ3) is 24.8. The van der Waals surface area contributed by atoms with Gasteiger partial charge >= 0.3 is 92.9 Å². The van der Waals surface area contributed by atoms with Crippen LogP contribution in [0.1, 0.15) is 105 Å². The zero-order valence-electron chi connectivity index (χ0n) is 18.5. The molecule has 0 aliphatic heterocycles. The number of unbranched alkanes of at least 4 members (excludes halogenated alkanes) is 10. The van der Waals surface area contributed by atoms with Gasteiger partial charge in [-0.3, -0.25) is 9.59 Å². The SMILES string of the molecule is CCCCCCCCC(=O)OC(=O)C(I)CCCCCCCC.[Cl-].[H-].[K+].[Na+]. The van der Waals surface area contributed by atoms with Crippen molar-refractivity contribution in [1.82, 2.24) is 0 Å². The van der Waals surface area contributed by atoms with Crippen LogP contribution in [0.2, 0.25) is 0 Å². The molecule has 0 N–H and O–H groups in total. The van der Waals surface area contributed by atoms with Crippen LogP contribution in [0.4, 0.5) is 0 Å². The first-order chi connectivity index (χ1) is 11.1. The van der Waals surface area contributed by atoms with Crippen LogP contribution in [0.25, 0.3) is 0 Å². The van der Waals surface area contributed by atoms with Gasteiger partial charge in [-0.1, -0.05) is 107 Å². The average molecular weight is 537 g/mol. The maximum atomic E-state index is 11.8. The van der Waals surface area contributed by atoms with Crippen molar-refractivity contribution < 1.29 is 109 Å². The van der Waals surface area contributed by atoms with Gasteiger partial charge in [0.15, 0.2) is 0 Å². The summed E-state index contributed by atoms with van der Waals surface area (Å²) >= 11 is 2.10. The van der Waals surface area contributed by atoms with Crippen LogP contribution in [0.5, 0.6) is 0 Å². The molecule has 7 heteroatoms. The van der Waals surface area contributed by atoms with Crippen molar-refractivity contribution in [3.8, 4) is 0 Å². The van der Waals surface area contributed by atoms with Gasteiger partial charge in [0.05, 0.1) is 0 Å². The van der Waals surface area contributed by atoms with Crippen LogP contribution in [-0.2, 0) is 14.3 Å². The summed E-state index contributed by atoms with van der Waals surface area (Å²) in [5.41, 5.74) is 0. The van der Waals surface area contributed by atoms with Gasteiger partial charge in [-0.15, -0.1) is 0 Å². The monoisotopic (exact) mass is 536 g/mol. The Morgan fingerprint density at radius 3 is 1.77 bits per heavy atom. The van der Waals surface area contributed by atoms with Gasteiger partial charge in [0.25, 0.3) is 0 Å². The summed E-state index contributed by atoms with van der Waals surface area (Å²) in [5, 5.41) is 0. The number of ether oxygens (including phenoxy) is 1. The summed E-state index contributed by atoms with van der Waals surface area (Å²) in [6.45, 7) is 4.40. The standard InChI is InChI=1S/C19H35IO3.ClH.K.Na.H/c1-3-5-7-9-11-13-15-17(20)19(22)23-18(21)16-14-12-10-8-6-4-2;;;;/h17H,3-16H2,1-2H3;1H;;;/q;;2*+1;-1/p-1. The normalized spacial score (nSPS) is 10.7. The third-order valence-electron chi connectivity index (χ3n) is 4.02. The fourth-order valence-electron chi connectivity index (χ4n) is 2.50. The first-order valence-electron chi connectivity index (χ1n) is 9.50. The van der Waals surface area contributed by atoms with E-state index in [9.17, 15) is 9.59 Å². The van der Waals surface area contributed by atoms with Crippen LogP contribution in [-0.4, -0.2) is 15.9 Å². The molecule has 1 unspecified atom stereocenters. The van der Waals surface area contributed by atoms with E-state index in [1.807, 2.05) is 0 Å². The number of hydrogen-bond acceptors (Lipinski definition) is 3. The van der Waals surface area contributed by atoms with Gasteiger partial charge in [-0.2, -0.15) is 0 Å². The molecule has 0 aliphatic rings. The molecular weight excluding hydrogens is 501 g/mol. The van der Waals surface area contributed by atoms with E-state index in [1.165, 1.54) is 57.8 Å². The minimum atomic E-state index is -0.352. The second-order valence-electron chi connectivity index (χ2n) is 6.33. The Labute approximate surface area is 247 Å².